The number of nitrogens with two attached hydrogens (primary N) is 1. The monoisotopic (exact) mass is 360 g/mol. The molecule has 0 heterocycles. The zero-order valence-corrected chi connectivity index (χ0v) is 12.3. The minimum atomic E-state index is -1.24. The lowest BCUT2D eigenvalue weighted by Crippen LogP contribution is -2.10. The summed E-state index contributed by atoms with van der Waals surface area (Å²) in [6.45, 7) is 0. The highest BCUT2D eigenvalue weighted by molar-refractivity contribution is 9.10. The Morgan fingerprint density at radius 3 is 2.30 bits per heavy atom. The third-order valence-electron chi connectivity index (χ3n) is 2.52. The van der Waals surface area contributed by atoms with E-state index in [1.165, 1.54) is 0 Å². The average Bonchev–Trinajstić information content (AvgIpc) is 2.35. The fourth-order valence-corrected chi connectivity index (χ4v) is 2.47. The molecule has 0 atom stereocenters. The van der Waals surface area contributed by atoms with Crippen LogP contribution in [0.5, 0.6) is 0 Å². The molecule has 104 valence electrons. The molecule has 3 N–H and O–H groups in total. The molecular weight excluding hydrogens is 353 g/mol. The maximum atomic E-state index is 13.5. The van der Waals surface area contributed by atoms with Crippen LogP contribution in [0.1, 0.15) is 5.56 Å². The molecule has 2 aromatic rings. The third kappa shape index (κ3) is 3.10. The predicted molar refractivity (Wildman–Crippen MR) is 79.6 cm³/mol. The van der Waals surface area contributed by atoms with Gasteiger partial charge in [0.25, 0.3) is 0 Å². The first-order chi connectivity index (χ1) is 9.38. The molecule has 0 aliphatic heterocycles. The normalized spacial score (nSPS) is 10.4. The molecule has 20 heavy (non-hydrogen) atoms. The summed E-state index contributed by atoms with van der Waals surface area (Å²) in [7, 11) is 0. The van der Waals surface area contributed by atoms with Gasteiger partial charge in [-0.3, -0.25) is 0 Å². The number of thiocarbonyl (C=S) groups is 1. The van der Waals surface area contributed by atoms with Crippen LogP contribution in [0.15, 0.2) is 34.8 Å². The van der Waals surface area contributed by atoms with E-state index in [4.69, 9.17) is 18.0 Å². The molecule has 0 fully saturated rings. The smallest absolute Gasteiger partial charge is 0.161 e. The highest BCUT2D eigenvalue weighted by Gasteiger charge is 2.11. The SMILES string of the molecule is NC(=S)c1ccc(Nc2cc(F)c(F)cc2F)cc1Br. The minimum Gasteiger partial charge on any atom is -0.389 e. The molecular formula is C13H8BrF3N2S. The molecule has 2 rings (SSSR count). The van der Waals surface area contributed by atoms with E-state index in [0.717, 1.165) is 6.07 Å². The molecule has 2 nitrogen and oxygen atoms in total. The Morgan fingerprint density at radius 2 is 1.70 bits per heavy atom. The largest absolute Gasteiger partial charge is 0.389 e. The Balaban J connectivity index is 2.33. The van der Waals surface area contributed by atoms with E-state index in [0.29, 0.717) is 21.8 Å². The molecule has 0 aromatic heterocycles. The quantitative estimate of drug-likeness (QED) is 0.634. The second-order valence-electron chi connectivity index (χ2n) is 3.93. The number of benzene rings is 2. The maximum absolute atomic E-state index is 13.5. The van der Waals surface area contributed by atoms with Crippen molar-refractivity contribution in [1.82, 2.24) is 0 Å². The fourth-order valence-electron chi connectivity index (χ4n) is 1.57. The van der Waals surface area contributed by atoms with Gasteiger partial charge in [0.1, 0.15) is 10.8 Å². The van der Waals surface area contributed by atoms with Crippen LogP contribution < -0.4 is 11.1 Å². The summed E-state index contributed by atoms with van der Waals surface area (Å²) in [6.07, 6.45) is 0. The number of rotatable bonds is 3. The van der Waals surface area contributed by atoms with E-state index in [-0.39, 0.29) is 10.7 Å². The van der Waals surface area contributed by atoms with Crippen molar-refractivity contribution in [1.29, 1.82) is 0 Å². The predicted octanol–water partition coefficient (Wildman–Crippen LogP) is 4.24. The van der Waals surface area contributed by atoms with Crippen molar-refractivity contribution < 1.29 is 13.2 Å². The number of anilines is 2. The second kappa shape index (κ2) is 5.80. The number of nitrogens with one attached hydrogen (secondary N) is 1. The first-order valence-corrected chi connectivity index (χ1v) is 6.59. The van der Waals surface area contributed by atoms with Crippen molar-refractivity contribution in [3.63, 3.8) is 0 Å². The minimum absolute atomic E-state index is 0.168. The molecule has 0 radical (unpaired) electrons. The molecule has 7 heteroatoms. The Kier molecular flexibility index (Phi) is 4.29. The zero-order chi connectivity index (χ0) is 14.9. The van der Waals surface area contributed by atoms with Gasteiger partial charge in [0.05, 0.1) is 5.69 Å². The van der Waals surface area contributed by atoms with Gasteiger partial charge >= 0.3 is 0 Å². The van der Waals surface area contributed by atoms with Crippen molar-refractivity contribution in [2.24, 2.45) is 5.73 Å². The van der Waals surface area contributed by atoms with Crippen LogP contribution in [-0.4, -0.2) is 4.99 Å². The summed E-state index contributed by atoms with van der Waals surface area (Å²) in [5.74, 6) is -3.26. The van der Waals surface area contributed by atoms with Crippen molar-refractivity contribution in [3.8, 4) is 0 Å². The van der Waals surface area contributed by atoms with Gasteiger partial charge in [-0.2, -0.15) is 0 Å². The number of hydrogen-bond acceptors (Lipinski definition) is 2. The Bertz CT molecular complexity index is 692. The Labute approximate surface area is 126 Å². The van der Waals surface area contributed by atoms with Gasteiger partial charge in [-0.25, -0.2) is 13.2 Å². The summed E-state index contributed by atoms with van der Waals surface area (Å²) in [6, 6.07) is 6.07. The molecule has 0 aliphatic carbocycles. The fraction of sp³-hybridized carbons (Fsp3) is 0. The summed E-state index contributed by atoms with van der Waals surface area (Å²) < 4.78 is 40.0. The van der Waals surface area contributed by atoms with Gasteiger partial charge in [-0.15, -0.1) is 0 Å². The number of halogens is 4. The van der Waals surface area contributed by atoms with Crippen LogP contribution in [0, 0.1) is 17.5 Å². The lowest BCUT2D eigenvalue weighted by Gasteiger charge is -2.10. The van der Waals surface area contributed by atoms with Gasteiger partial charge in [-0.05, 0) is 34.1 Å². The van der Waals surface area contributed by atoms with Crippen LogP contribution in [-0.2, 0) is 0 Å². The molecule has 0 saturated carbocycles. The topological polar surface area (TPSA) is 38.0 Å². The number of hydrogen-bond donors (Lipinski definition) is 2. The van der Waals surface area contributed by atoms with Crippen molar-refractivity contribution in [2.45, 2.75) is 0 Å². The van der Waals surface area contributed by atoms with Crippen molar-refractivity contribution in [2.75, 3.05) is 5.32 Å². The first-order valence-electron chi connectivity index (χ1n) is 5.39. The summed E-state index contributed by atoms with van der Waals surface area (Å²) in [5.41, 5.74) is 6.44. The molecule has 0 saturated heterocycles. The van der Waals surface area contributed by atoms with Gasteiger partial charge in [-0.1, -0.05) is 12.2 Å². The lowest BCUT2D eigenvalue weighted by molar-refractivity contribution is 0.496. The molecule has 0 aliphatic rings. The molecule has 0 spiro atoms. The Hall–Kier alpha value is -1.60. The van der Waals surface area contributed by atoms with E-state index in [1.807, 2.05) is 0 Å². The molecule has 0 bridgehead atoms. The van der Waals surface area contributed by atoms with Crippen LogP contribution in [0.3, 0.4) is 0 Å². The van der Waals surface area contributed by atoms with Crippen molar-refractivity contribution in [3.05, 3.63) is 57.8 Å². The van der Waals surface area contributed by atoms with E-state index < -0.39 is 17.5 Å². The van der Waals surface area contributed by atoms with Crippen LogP contribution in [0.4, 0.5) is 24.5 Å². The molecule has 0 unspecified atom stereocenters. The molecule has 0 amide bonds. The van der Waals surface area contributed by atoms with Crippen LogP contribution >= 0.6 is 28.1 Å². The van der Waals surface area contributed by atoms with Gasteiger partial charge < -0.3 is 11.1 Å². The average molecular weight is 361 g/mol. The Morgan fingerprint density at radius 1 is 1.05 bits per heavy atom. The van der Waals surface area contributed by atoms with Gasteiger partial charge in [0, 0.05) is 27.9 Å². The second-order valence-corrected chi connectivity index (χ2v) is 5.22. The standard InChI is InChI=1S/C13H8BrF3N2S/c14-8-3-6(1-2-7(8)13(18)20)19-12-5-10(16)9(15)4-11(12)17/h1-5,19H,(H2,18,20). The highest BCUT2D eigenvalue weighted by Crippen LogP contribution is 2.26. The highest BCUT2D eigenvalue weighted by atomic mass is 79.9. The van der Waals surface area contributed by atoms with E-state index >= 15 is 0 Å². The van der Waals surface area contributed by atoms with Crippen molar-refractivity contribution >= 4 is 44.5 Å². The van der Waals surface area contributed by atoms with Crippen LogP contribution in [0.25, 0.3) is 0 Å². The molecule has 2 aromatic carbocycles. The first kappa shape index (κ1) is 14.8. The lowest BCUT2D eigenvalue weighted by atomic mass is 10.2. The van der Waals surface area contributed by atoms with Crippen LogP contribution in [0.2, 0.25) is 0 Å². The summed E-state index contributed by atoms with van der Waals surface area (Å²) >= 11 is 8.12. The van der Waals surface area contributed by atoms with Gasteiger partial charge in [0.2, 0.25) is 0 Å². The third-order valence-corrected chi connectivity index (χ3v) is 3.40. The summed E-state index contributed by atoms with van der Waals surface area (Å²) in [4.78, 5) is 0.211. The summed E-state index contributed by atoms with van der Waals surface area (Å²) in [5, 5.41) is 2.65. The van der Waals surface area contributed by atoms with E-state index in [2.05, 4.69) is 21.2 Å². The zero-order valence-electron chi connectivity index (χ0n) is 9.88. The van der Waals surface area contributed by atoms with Gasteiger partial charge in [0.15, 0.2) is 11.6 Å². The van der Waals surface area contributed by atoms with E-state index in [9.17, 15) is 13.2 Å². The maximum Gasteiger partial charge on any atom is 0.161 e. The van der Waals surface area contributed by atoms with E-state index in [1.54, 1.807) is 18.2 Å².